The molecule has 1 fully saturated rings. The Bertz CT molecular complexity index is 391. The summed E-state index contributed by atoms with van der Waals surface area (Å²) in [6.45, 7) is 9.27. The highest BCUT2D eigenvalue weighted by atomic mass is 79.9. The molecule has 0 spiro atoms. The number of hydrogen-bond donors (Lipinski definition) is 1. The van der Waals surface area contributed by atoms with E-state index in [1.54, 1.807) is 0 Å². The summed E-state index contributed by atoms with van der Waals surface area (Å²) in [5.41, 5.74) is 1.28. The maximum absolute atomic E-state index is 3.53. The Hall–Kier alpha value is -0.580. The first-order valence-corrected chi connectivity index (χ1v) is 7.84. The topological polar surface area (TPSA) is 18.5 Å². The molecule has 0 amide bonds. The molecule has 0 radical (unpaired) electrons. The zero-order valence-electron chi connectivity index (χ0n) is 11.9. The van der Waals surface area contributed by atoms with E-state index in [4.69, 9.17) is 0 Å². The number of piperazine rings is 1. The molecule has 0 aliphatic carbocycles. The molecule has 19 heavy (non-hydrogen) atoms. The molecule has 1 atom stereocenters. The molecule has 1 saturated heterocycles. The number of hydrogen-bond acceptors (Lipinski definition) is 3. The van der Waals surface area contributed by atoms with Crippen molar-refractivity contribution in [1.82, 2.24) is 10.2 Å². The Morgan fingerprint density at radius 3 is 2.79 bits per heavy atom. The summed E-state index contributed by atoms with van der Waals surface area (Å²) in [5, 5.41) is 3.40. The van der Waals surface area contributed by atoms with Crippen LogP contribution < -0.4 is 10.2 Å². The van der Waals surface area contributed by atoms with E-state index in [9.17, 15) is 0 Å². The summed E-state index contributed by atoms with van der Waals surface area (Å²) < 4.78 is 1.15. The van der Waals surface area contributed by atoms with Crippen molar-refractivity contribution in [1.29, 1.82) is 0 Å². The fourth-order valence-corrected chi connectivity index (χ4v) is 3.07. The van der Waals surface area contributed by atoms with Gasteiger partial charge in [-0.1, -0.05) is 28.9 Å². The Kier molecular flexibility index (Phi) is 5.67. The molecule has 0 aromatic heterocycles. The van der Waals surface area contributed by atoms with Crippen LogP contribution in [0.2, 0.25) is 0 Å². The molecular weight excluding hydrogens is 302 g/mol. The van der Waals surface area contributed by atoms with Gasteiger partial charge in [-0.3, -0.25) is 0 Å². The average molecular weight is 326 g/mol. The Morgan fingerprint density at radius 2 is 2.11 bits per heavy atom. The van der Waals surface area contributed by atoms with Crippen LogP contribution in [0.25, 0.3) is 0 Å². The fourth-order valence-electron chi connectivity index (χ4n) is 2.68. The van der Waals surface area contributed by atoms with Crippen LogP contribution in [0.5, 0.6) is 0 Å². The Balaban J connectivity index is 1.82. The number of rotatable bonds is 5. The van der Waals surface area contributed by atoms with E-state index in [2.05, 4.69) is 69.3 Å². The van der Waals surface area contributed by atoms with Crippen molar-refractivity contribution in [2.45, 2.75) is 6.92 Å². The predicted molar refractivity (Wildman–Crippen MR) is 85.9 cm³/mol. The Morgan fingerprint density at radius 1 is 1.37 bits per heavy atom. The van der Waals surface area contributed by atoms with Gasteiger partial charge in [0.05, 0.1) is 0 Å². The summed E-state index contributed by atoms with van der Waals surface area (Å²) in [7, 11) is 2.18. The molecule has 1 N–H and O–H groups in total. The molecule has 0 bridgehead atoms. The average Bonchev–Trinajstić information content (AvgIpc) is 2.39. The minimum atomic E-state index is 0.682. The second-order valence-electron chi connectivity index (χ2n) is 5.52. The van der Waals surface area contributed by atoms with Crippen LogP contribution >= 0.6 is 15.9 Å². The van der Waals surface area contributed by atoms with E-state index in [0.717, 1.165) is 24.1 Å². The zero-order chi connectivity index (χ0) is 13.7. The first-order chi connectivity index (χ1) is 9.15. The largest absolute Gasteiger partial charge is 0.374 e. The highest BCUT2D eigenvalue weighted by molar-refractivity contribution is 9.10. The van der Waals surface area contributed by atoms with Gasteiger partial charge in [-0.15, -0.1) is 0 Å². The summed E-state index contributed by atoms with van der Waals surface area (Å²) in [6.07, 6.45) is 0. The number of anilines is 1. The van der Waals surface area contributed by atoms with Crippen LogP contribution in [0.4, 0.5) is 5.69 Å². The van der Waals surface area contributed by atoms with Gasteiger partial charge in [0.15, 0.2) is 0 Å². The molecule has 1 aromatic carbocycles. The monoisotopic (exact) mass is 325 g/mol. The minimum absolute atomic E-state index is 0.682. The van der Waals surface area contributed by atoms with Crippen LogP contribution in [0.1, 0.15) is 6.92 Å². The van der Waals surface area contributed by atoms with Crippen molar-refractivity contribution in [3.05, 3.63) is 28.7 Å². The number of nitrogens with zero attached hydrogens (tertiary/aromatic N) is 2. The molecule has 106 valence electrons. The quantitative estimate of drug-likeness (QED) is 0.897. The highest BCUT2D eigenvalue weighted by Crippen LogP contribution is 2.19. The summed E-state index contributed by atoms with van der Waals surface area (Å²) >= 11 is 3.53. The molecule has 0 saturated carbocycles. The van der Waals surface area contributed by atoms with Gasteiger partial charge >= 0.3 is 0 Å². The lowest BCUT2D eigenvalue weighted by Gasteiger charge is -2.31. The molecule has 1 heterocycles. The lowest BCUT2D eigenvalue weighted by atomic mass is 10.1. The first kappa shape index (κ1) is 14.8. The molecule has 1 unspecified atom stereocenters. The van der Waals surface area contributed by atoms with Crippen molar-refractivity contribution in [2.24, 2.45) is 5.92 Å². The van der Waals surface area contributed by atoms with E-state index in [-0.39, 0.29) is 0 Å². The molecule has 1 aromatic rings. The standard InChI is InChI=1S/C15H24BrN3/c1-13(12-19-8-6-17-7-9-19)11-18(2)15-5-3-4-14(16)10-15/h3-5,10,13,17H,6-9,11-12H2,1-2H3. The normalized spacial score (nSPS) is 18.3. The van der Waals surface area contributed by atoms with Gasteiger partial charge in [-0.2, -0.15) is 0 Å². The summed E-state index contributed by atoms with van der Waals surface area (Å²) in [4.78, 5) is 4.91. The lowest BCUT2D eigenvalue weighted by molar-refractivity contribution is 0.213. The smallest absolute Gasteiger partial charge is 0.0375 e. The number of benzene rings is 1. The molecule has 2 rings (SSSR count). The third-order valence-electron chi connectivity index (χ3n) is 3.61. The summed E-state index contributed by atoms with van der Waals surface area (Å²) in [6, 6.07) is 8.51. The highest BCUT2D eigenvalue weighted by Gasteiger charge is 2.14. The van der Waals surface area contributed by atoms with Gasteiger partial charge in [0.2, 0.25) is 0 Å². The molecule has 1 aliphatic rings. The van der Waals surface area contributed by atoms with Gasteiger partial charge < -0.3 is 15.1 Å². The SMILES string of the molecule is CC(CN1CCNCC1)CN(C)c1cccc(Br)c1. The third kappa shape index (κ3) is 4.79. The first-order valence-electron chi connectivity index (χ1n) is 7.05. The van der Waals surface area contributed by atoms with Crippen LogP contribution in [0, 0.1) is 5.92 Å². The molecule has 4 heteroatoms. The van der Waals surface area contributed by atoms with Crippen LogP contribution in [-0.2, 0) is 0 Å². The number of halogens is 1. The van der Waals surface area contributed by atoms with E-state index >= 15 is 0 Å². The van der Waals surface area contributed by atoms with E-state index < -0.39 is 0 Å². The van der Waals surface area contributed by atoms with Crippen molar-refractivity contribution in [2.75, 3.05) is 51.2 Å². The van der Waals surface area contributed by atoms with Crippen LogP contribution in [0.3, 0.4) is 0 Å². The maximum Gasteiger partial charge on any atom is 0.0375 e. The van der Waals surface area contributed by atoms with Crippen LogP contribution in [0.15, 0.2) is 28.7 Å². The molecular formula is C15H24BrN3. The van der Waals surface area contributed by atoms with Gasteiger partial charge in [0.1, 0.15) is 0 Å². The van der Waals surface area contributed by atoms with E-state index in [0.29, 0.717) is 5.92 Å². The van der Waals surface area contributed by atoms with Crippen molar-refractivity contribution in [3.63, 3.8) is 0 Å². The fraction of sp³-hybridized carbons (Fsp3) is 0.600. The third-order valence-corrected chi connectivity index (χ3v) is 4.11. The Labute approximate surface area is 125 Å². The van der Waals surface area contributed by atoms with Crippen LogP contribution in [-0.4, -0.2) is 51.2 Å². The van der Waals surface area contributed by atoms with Gasteiger partial charge in [-0.05, 0) is 24.1 Å². The van der Waals surface area contributed by atoms with Gasteiger partial charge in [0.25, 0.3) is 0 Å². The number of nitrogens with one attached hydrogen (secondary N) is 1. The zero-order valence-corrected chi connectivity index (χ0v) is 13.5. The second kappa shape index (κ2) is 7.27. The van der Waals surface area contributed by atoms with Crippen molar-refractivity contribution in [3.8, 4) is 0 Å². The summed E-state index contributed by atoms with van der Waals surface area (Å²) in [5.74, 6) is 0.682. The van der Waals surface area contributed by atoms with E-state index in [1.807, 2.05) is 0 Å². The molecule has 1 aliphatic heterocycles. The van der Waals surface area contributed by atoms with Gasteiger partial charge in [0, 0.05) is 56.5 Å². The maximum atomic E-state index is 3.53. The van der Waals surface area contributed by atoms with Crippen molar-refractivity contribution < 1.29 is 0 Å². The lowest BCUT2D eigenvalue weighted by Crippen LogP contribution is -2.46. The van der Waals surface area contributed by atoms with Gasteiger partial charge in [-0.25, -0.2) is 0 Å². The molecule has 3 nitrogen and oxygen atoms in total. The van der Waals surface area contributed by atoms with E-state index in [1.165, 1.54) is 25.3 Å². The predicted octanol–water partition coefficient (Wildman–Crippen LogP) is 2.43. The minimum Gasteiger partial charge on any atom is -0.374 e. The second-order valence-corrected chi connectivity index (χ2v) is 6.43. The van der Waals surface area contributed by atoms with Crippen molar-refractivity contribution >= 4 is 21.6 Å².